The molecule has 1 aliphatic heterocycles. The smallest absolute Gasteiger partial charge is 0.406 e. The first-order valence-electron chi connectivity index (χ1n) is 12.5. The second kappa shape index (κ2) is 9.16. The molecule has 0 radical (unpaired) electrons. The van der Waals surface area contributed by atoms with E-state index in [-0.39, 0.29) is 24.2 Å². The van der Waals surface area contributed by atoms with Crippen molar-refractivity contribution in [3.05, 3.63) is 64.9 Å². The molecule has 2 aliphatic rings. The molecule has 0 fully saturated rings. The van der Waals surface area contributed by atoms with E-state index in [0.717, 1.165) is 52.2 Å². The van der Waals surface area contributed by atoms with Gasteiger partial charge in [0, 0.05) is 60.2 Å². The van der Waals surface area contributed by atoms with Crippen LogP contribution in [0.2, 0.25) is 0 Å². The maximum absolute atomic E-state index is 14.5. The molecule has 3 N–H and O–H groups in total. The van der Waals surface area contributed by atoms with Crippen LogP contribution in [-0.2, 0) is 24.8 Å². The number of fused-ring (bicyclic) bond motifs is 7. The summed E-state index contributed by atoms with van der Waals surface area (Å²) in [6.45, 7) is 2.37. The van der Waals surface area contributed by atoms with Gasteiger partial charge in [0.1, 0.15) is 18.5 Å². The summed E-state index contributed by atoms with van der Waals surface area (Å²) in [6, 6.07) is 6.55. The third-order valence-corrected chi connectivity index (χ3v) is 7.22. The fourth-order valence-corrected chi connectivity index (χ4v) is 5.57. The van der Waals surface area contributed by atoms with E-state index >= 15 is 0 Å². The van der Waals surface area contributed by atoms with E-state index in [1.54, 1.807) is 16.9 Å². The average Bonchev–Trinajstić information content (AvgIpc) is 3.57. The zero-order valence-corrected chi connectivity index (χ0v) is 21.4. The van der Waals surface area contributed by atoms with Crippen molar-refractivity contribution in [2.45, 2.75) is 38.3 Å². The molecule has 1 amide bonds. The van der Waals surface area contributed by atoms with E-state index in [2.05, 4.69) is 10.3 Å². The minimum absolute atomic E-state index is 0.00636. The topological polar surface area (TPSA) is 122 Å². The van der Waals surface area contributed by atoms with Crippen LogP contribution in [0.3, 0.4) is 0 Å². The molecule has 4 heterocycles. The fourth-order valence-electron chi connectivity index (χ4n) is 5.57. The Labute approximate surface area is 218 Å². The molecule has 0 saturated carbocycles. The van der Waals surface area contributed by atoms with Crippen molar-refractivity contribution in [1.82, 2.24) is 29.9 Å². The van der Waals surface area contributed by atoms with E-state index < -0.39 is 12.2 Å². The second-order valence-corrected chi connectivity index (χ2v) is 9.62. The van der Waals surface area contributed by atoms with Crippen LogP contribution in [0.25, 0.3) is 22.5 Å². The van der Waals surface area contributed by atoms with Crippen molar-refractivity contribution in [3.8, 4) is 28.3 Å². The molecule has 10 nitrogen and oxygen atoms in total. The Morgan fingerprint density at radius 3 is 2.95 bits per heavy atom. The van der Waals surface area contributed by atoms with Crippen molar-refractivity contribution in [1.29, 1.82) is 0 Å². The number of ether oxygens (including phenoxy) is 2. The molecule has 1 aromatic carbocycles. The average molecular weight is 518 g/mol. The lowest BCUT2D eigenvalue weighted by molar-refractivity contribution is 0.143. The number of aromatic nitrogens is 5. The van der Waals surface area contributed by atoms with E-state index in [0.29, 0.717) is 17.9 Å². The Hall–Kier alpha value is -4.41. The van der Waals surface area contributed by atoms with Crippen molar-refractivity contribution < 1.29 is 18.7 Å². The molecular weight excluding hydrogens is 489 g/mol. The molecule has 0 saturated heterocycles. The monoisotopic (exact) mass is 517 g/mol. The summed E-state index contributed by atoms with van der Waals surface area (Å²) >= 11 is 0. The maximum Gasteiger partial charge on any atom is 0.406 e. The lowest BCUT2D eigenvalue weighted by Gasteiger charge is -2.22. The minimum Gasteiger partial charge on any atom is -0.482 e. The summed E-state index contributed by atoms with van der Waals surface area (Å²) < 4.78 is 29.7. The van der Waals surface area contributed by atoms with Crippen LogP contribution in [0.15, 0.2) is 36.7 Å². The van der Waals surface area contributed by atoms with E-state index in [1.165, 1.54) is 19.2 Å². The van der Waals surface area contributed by atoms with Crippen LogP contribution >= 0.6 is 0 Å². The normalized spacial score (nSPS) is 17.4. The van der Waals surface area contributed by atoms with Gasteiger partial charge in [-0.15, -0.1) is 0 Å². The van der Waals surface area contributed by atoms with Crippen LogP contribution < -0.4 is 15.8 Å². The summed E-state index contributed by atoms with van der Waals surface area (Å²) in [5.41, 5.74) is 13.2. The van der Waals surface area contributed by atoms with Crippen LogP contribution in [-0.4, -0.2) is 44.3 Å². The van der Waals surface area contributed by atoms with Crippen LogP contribution in [0.4, 0.5) is 15.0 Å². The van der Waals surface area contributed by atoms with Gasteiger partial charge in [0.15, 0.2) is 11.6 Å². The molecule has 1 unspecified atom stereocenters. The number of alkyl carbamates (subject to hydrolysis) is 1. The van der Waals surface area contributed by atoms with E-state index in [9.17, 15) is 9.18 Å². The third kappa shape index (κ3) is 3.94. The molecule has 38 heavy (non-hydrogen) atoms. The van der Waals surface area contributed by atoms with E-state index in [4.69, 9.17) is 25.4 Å². The van der Waals surface area contributed by atoms with Crippen LogP contribution in [0.5, 0.6) is 5.75 Å². The first-order valence-corrected chi connectivity index (χ1v) is 12.5. The number of nitrogen functional groups attached to an aromatic ring is 1. The van der Waals surface area contributed by atoms with Crippen molar-refractivity contribution >= 4 is 11.9 Å². The summed E-state index contributed by atoms with van der Waals surface area (Å²) in [5, 5.41) is 12.2. The number of rotatable bonds is 3. The lowest BCUT2D eigenvalue weighted by atomic mass is 9.88. The van der Waals surface area contributed by atoms with Gasteiger partial charge in [-0.25, -0.2) is 14.2 Å². The number of nitrogens with zero attached hydrogens (tertiary/aromatic N) is 5. The number of pyridine rings is 1. The Bertz CT molecular complexity index is 1560. The van der Waals surface area contributed by atoms with Gasteiger partial charge < -0.3 is 20.5 Å². The molecule has 196 valence electrons. The predicted molar refractivity (Wildman–Crippen MR) is 138 cm³/mol. The number of nitrogens with one attached hydrogen (secondary N) is 1. The number of benzene rings is 1. The molecule has 2 bridgehead atoms. The number of nitrogens with two attached hydrogens (primary N) is 1. The minimum atomic E-state index is -0.529. The van der Waals surface area contributed by atoms with Gasteiger partial charge in [-0.05, 0) is 44.0 Å². The summed E-state index contributed by atoms with van der Waals surface area (Å²) in [4.78, 5) is 16.1. The van der Waals surface area contributed by atoms with Gasteiger partial charge >= 0.3 is 6.09 Å². The number of anilines is 1. The number of aryl methyl sites for hydroxylation is 2. The summed E-state index contributed by atoms with van der Waals surface area (Å²) in [7, 11) is 3.41. The number of carbonyl (C=O) groups is 1. The molecule has 1 aliphatic carbocycles. The largest absolute Gasteiger partial charge is 0.482 e. The van der Waals surface area contributed by atoms with Gasteiger partial charge in [-0.2, -0.15) is 10.2 Å². The SMILES string of the molecule is CNC(=O)OCCn1nc2c3c1-c1cnc(N)c(c1)O[C@H](C)c1cc(F)ccc1-c1nn(C)cc1C3CC2. The van der Waals surface area contributed by atoms with Crippen molar-refractivity contribution in [2.24, 2.45) is 7.05 Å². The first kappa shape index (κ1) is 24.0. The van der Waals surface area contributed by atoms with Crippen LogP contribution in [0.1, 0.15) is 47.8 Å². The number of hydrogen-bond acceptors (Lipinski definition) is 7. The zero-order chi connectivity index (χ0) is 26.6. The van der Waals surface area contributed by atoms with E-state index in [1.807, 2.05) is 30.9 Å². The molecule has 0 spiro atoms. The molecule has 4 aromatic rings. The van der Waals surface area contributed by atoms with Crippen LogP contribution in [0, 0.1) is 5.82 Å². The first-order chi connectivity index (χ1) is 18.3. The highest BCUT2D eigenvalue weighted by atomic mass is 19.1. The standard InChI is InChI=1S/C27H28FN7O3/c1-14-19-11-16(28)4-5-18(19)24-20(13-34(3)33-24)17-6-7-21-23(17)25(15-10-22(38-14)26(29)31-12-15)35(32-21)8-9-37-27(36)30-2/h4-5,10-14,17H,6-9H2,1-3H3,(H2,29,31)(H,30,36)/t14-,17?/m1/s1. The highest BCUT2D eigenvalue weighted by Crippen LogP contribution is 2.48. The maximum atomic E-state index is 14.5. The molecule has 3 aromatic heterocycles. The second-order valence-electron chi connectivity index (χ2n) is 9.62. The number of amides is 1. The highest BCUT2D eigenvalue weighted by molar-refractivity contribution is 5.74. The van der Waals surface area contributed by atoms with Gasteiger partial charge in [0.25, 0.3) is 0 Å². The van der Waals surface area contributed by atoms with Gasteiger partial charge in [0.05, 0.1) is 23.6 Å². The number of hydrogen-bond donors (Lipinski definition) is 2. The summed E-state index contributed by atoms with van der Waals surface area (Å²) in [6.07, 6.45) is 4.35. The highest BCUT2D eigenvalue weighted by Gasteiger charge is 2.36. The van der Waals surface area contributed by atoms with Crippen molar-refractivity contribution in [2.75, 3.05) is 19.4 Å². The van der Waals surface area contributed by atoms with Crippen molar-refractivity contribution in [3.63, 3.8) is 0 Å². The Kier molecular flexibility index (Phi) is 5.77. The van der Waals surface area contributed by atoms with Gasteiger partial charge in [-0.1, -0.05) is 0 Å². The predicted octanol–water partition coefficient (Wildman–Crippen LogP) is 3.95. The zero-order valence-electron chi connectivity index (χ0n) is 21.4. The molecule has 2 atom stereocenters. The third-order valence-electron chi connectivity index (χ3n) is 7.22. The Balaban J connectivity index is 1.58. The Morgan fingerprint density at radius 2 is 2.13 bits per heavy atom. The summed E-state index contributed by atoms with van der Waals surface area (Å²) in [5.74, 6) is 0.280. The number of halogens is 1. The molecule has 6 rings (SSSR count). The lowest BCUT2D eigenvalue weighted by Crippen LogP contribution is -2.22. The quantitative estimate of drug-likeness (QED) is 0.422. The molecular formula is C27H28FN7O3. The van der Waals surface area contributed by atoms with Gasteiger partial charge in [0.2, 0.25) is 0 Å². The number of carbonyl (C=O) groups excluding carboxylic acids is 1. The molecule has 11 heteroatoms. The Morgan fingerprint density at radius 1 is 1.29 bits per heavy atom. The van der Waals surface area contributed by atoms with Gasteiger partial charge in [-0.3, -0.25) is 9.36 Å². The fraction of sp³-hybridized carbons (Fsp3) is 0.333.